The standard InChI is InChI=1S/C26H28N4O7S/c1-35-22-8-6-7-20(15-22)30(38(3,33)34)17-25(31)29-27-16-19-11-13-21(14-12-19)37-18-26(32)28-23-9-4-5-10-24(23)36-2/h4-16H,17-18H2,1-3H3,(H,28,32)(H,29,31)/b27-16+. The van der Waals surface area contributed by atoms with Crippen LogP contribution in [0.1, 0.15) is 5.56 Å². The first-order valence-electron chi connectivity index (χ1n) is 11.3. The minimum Gasteiger partial charge on any atom is -0.497 e. The van der Waals surface area contributed by atoms with E-state index >= 15 is 0 Å². The van der Waals surface area contributed by atoms with Crippen LogP contribution in [-0.4, -0.2) is 60.1 Å². The molecule has 2 N–H and O–H groups in total. The van der Waals surface area contributed by atoms with Crippen LogP contribution in [0.15, 0.2) is 77.9 Å². The second-order valence-corrected chi connectivity index (χ2v) is 9.78. The van der Waals surface area contributed by atoms with Gasteiger partial charge in [-0.2, -0.15) is 5.10 Å². The van der Waals surface area contributed by atoms with E-state index in [1.807, 2.05) is 0 Å². The Morgan fingerprint density at radius 1 is 0.921 bits per heavy atom. The second kappa shape index (κ2) is 13.1. The van der Waals surface area contributed by atoms with Crippen molar-refractivity contribution in [3.63, 3.8) is 0 Å². The molecule has 0 saturated heterocycles. The molecule has 0 radical (unpaired) electrons. The number of methoxy groups -OCH3 is 2. The number of hydrogen-bond acceptors (Lipinski definition) is 8. The molecule has 0 bridgehead atoms. The minimum absolute atomic E-state index is 0.203. The van der Waals surface area contributed by atoms with E-state index in [1.165, 1.54) is 26.5 Å². The van der Waals surface area contributed by atoms with Crippen molar-refractivity contribution in [3.8, 4) is 17.2 Å². The van der Waals surface area contributed by atoms with Crippen LogP contribution in [0.3, 0.4) is 0 Å². The summed E-state index contributed by atoms with van der Waals surface area (Å²) in [5, 5.41) is 6.61. The maximum absolute atomic E-state index is 12.4. The molecule has 3 aromatic carbocycles. The van der Waals surface area contributed by atoms with Gasteiger partial charge in [-0.05, 0) is 54.1 Å². The zero-order valence-corrected chi connectivity index (χ0v) is 21.9. The quantitative estimate of drug-likeness (QED) is 0.266. The van der Waals surface area contributed by atoms with Crippen molar-refractivity contribution >= 4 is 39.4 Å². The van der Waals surface area contributed by atoms with Crippen molar-refractivity contribution in [2.24, 2.45) is 5.10 Å². The number of nitrogens with zero attached hydrogens (tertiary/aromatic N) is 2. The number of hydrazone groups is 1. The normalized spacial score (nSPS) is 11.0. The third-order valence-corrected chi connectivity index (χ3v) is 6.20. The number of rotatable bonds is 12. The second-order valence-electron chi connectivity index (χ2n) is 7.87. The van der Waals surface area contributed by atoms with Crippen LogP contribution in [0.5, 0.6) is 17.2 Å². The Kier molecular flexibility index (Phi) is 9.66. The van der Waals surface area contributed by atoms with Gasteiger partial charge in [0, 0.05) is 6.07 Å². The maximum atomic E-state index is 12.4. The lowest BCUT2D eigenvalue weighted by molar-refractivity contribution is -0.119. The highest BCUT2D eigenvalue weighted by molar-refractivity contribution is 7.92. The lowest BCUT2D eigenvalue weighted by Gasteiger charge is -2.21. The summed E-state index contributed by atoms with van der Waals surface area (Å²) in [4.78, 5) is 24.6. The molecule has 3 aromatic rings. The van der Waals surface area contributed by atoms with Crippen molar-refractivity contribution in [1.82, 2.24) is 5.43 Å². The summed E-state index contributed by atoms with van der Waals surface area (Å²) in [7, 11) is -0.756. The third-order valence-electron chi connectivity index (χ3n) is 5.06. The Morgan fingerprint density at radius 3 is 2.34 bits per heavy atom. The van der Waals surface area contributed by atoms with Gasteiger partial charge >= 0.3 is 0 Å². The van der Waals surface area contributed by atoms with E-state index in [2.05, 4.69) is 15.8 Å². The highest BCUT2D eigenvalue weighted by Crippen LogP contribution is 2.24. The van der Waals surface area contributed by atoms with E-state index in [9.17, 15) is 18.0 Å². The third kappa shape index (κ3) is 8.23. The predicted molar refractivity (Wildman–Crippen MR) is 144 cm³/mol. The van der Waals surface area contributed by atoms with Gasteiger partial charge in [-0.3, -0.25) is 13.9 Å². The van der Waals surface area contributed by atoms with Gasteiger partial charge in [-0.15, -0.1) is 0 Å². The summed E-state index contributed by atoms with van der Waals surface area (Å²) in [5.74, 6) is 0.485. The smallest absolute Gasteiger partial charge is 0.262 e. The molecule has 0 fully saturated rings. The molecule has 2 amide bonds. The highest BCUT2D eigenvalue weighted by Gasteiger charge is 2.21. The molecule has 0 aliphatic heterocycles. The highest BCUT2D eigenvalue weighted by atomic mass is 32.2. The lowest BCUT2D eigenvalue weighted by atomic mass is 10.2. The Bertz CT molecular complexity index is 1390. The van der Waals surface area contributed by atoms with Gasteiger partial charge in [0.15, 0.2) is 6.61 Å². The summed E-state index contributed by atoms with van der Waals surface area (Å²) >= 11 is 0. The topological polar surface area (TPSA) is 136 Å². The molecule has 0 aliphatic rings. The number of sulfonamides is 1. The van der Waals surface area contributed by atoms with Crippen molar-refractivity contribution in [2.45, 2.75) is 0 Å². The van der Waals surface area contributed by atoms with Gasteiger partial charge in [0.25, 0.3) is 11.8 Å². The monoisotopic (exact) mass is 540 g/mol. The van der Waals surface area contributed by atoms with Crippen LogP contribution in [0.2, 0.25) is 0 Å². The van der Waals surface area contributed by atoms with Crippen LogP contribution in [-0.2, 0) is 19.6 Å². The largest absolute Gasteiger partial charge is 0.497 e. The molecule has 0 aliphatic carbocycles. The number of carbonyl (C=O) groups is 2. The SMILES string of the molecule is COc1cccc(N(CC(=O)N/N=C/c2ccc(OCC(=O)Nc3ccccc3OC)cc2)S(C)(=O)=O)c1. The van der Waals surface area contributed by atoms with E-state index in [0.717, 1.165) is 10.6 Å². The van der Waals surface area contributed by atoms with Crippen LogP contribution >= 0.6 is 0 Å². The van der Waals surface area contributed by atoms with E-state index < -0.39 is 22.5 Å². The molecule has 3 rings (SSSR count). The Morgan fingerprint density at radius 2 is 1.66 bits per heavy atom. The molecular formula is C26H28N4O7S. The molecule has 0 spiro atoms. The van der Waals surface area contributed by atoms with E-state index in [4.69, 9.17) is 14.2 Å². The number of hydrogen-bond donors (Lipinski definition) is 2. The fourth-order valence-corrected chi connectivity index (χ4v) is 4.09. The summed E-state index contributed by atoms with van der Waals surface area (Å²) in [6, 6.07) is 20.1. The molecule has 0 saturated carbocycles. The zero-order chi connectivity index (χ0) is 27.5. The number of benzene rings is 3. The summed E-state index contributed by atoms with van der Waals surface area (Å²) < 4.78 is 41.3. The molecule has 0 atom stereocenters. The van der Waals surface area contributed by atoms with Gasteiger partial charge in [-0.1, -0.05) is 18.2 Å². The van der Waals surface area contributed by atoms with Crippen molar-refractivity contribution in [2.75, 3.05) is 43.2 Å². The van der Waals surface area contributed by atoms with Gasteiger partial charge in [0.05, 0.1) is 38.1 Å². The van der Waals surface area contributed by atoms with Crippen molar-refractivity contribution in [1.29, 1.82) is 0 Å². The Balaban J connectivity index is 1.51. The number of nitrogens with one attached hydrogen (secondary N) is 2. The maximum Gasteiger partial charge on any atom is 0.262 e. The van der Waals surface area contributed by atoms with Gasteiger partial charge in [-0.25, -0.2) is 13.8 Å². The molecule has 12 heteroatoms. The van der Waals surface area contributed by atoms with Crippen molar-refractivity contribution < 1.29 is 32.2 Å². The van der Waals surface area contributed by atoms with E-state index in [-0.39, 0.29) is 18.2 Å². The van der Waals surface area contributed by atoms with Crippen LogP contribution in [0.4, 0.5) is 11.4 Å². The molecule has 200 valence electrons. The fourth-order valence-electron chi connectivity index (χ4n) is 3.24. The first-order valence-corrected chi connectivity index (χ1v) is 13.1. The lowest BCUT2D eigenvalue weighted by Crippen LogP contribution is -2.39. The predicted octanol–water partition coefficient (Wildman–Crippen LogP) is 2.64. The van der Waals surface area contributed by atoms with E-state index in [0.29, 0.717) is 28.5 Å². The zero-order valence-electron chi connectivity index (χ0n) is 21.1. The minimum atomic E-state index is -3.74. The van der Waals surface area contributed by atoms with Crippen LogP contribution in [0, 0.1) is 0 Å². The molecular weight excluding hydrogens is 512 g/mol. The molecule has 0 unspecified atom stereocenters. The number of para-hydroxylation sites is 2. The Labute approximate surface area is 221 Å². The van der Waals surface area contributed by atoms with Gasteiger partial charge in [0.2, 0.25) is 10.0 Å². The molecule has 0 heterocycles. The van der Waals surface area contributed by atoms with Crippen LogP contribution < -0.4 is 29.3 Å². The first-order chi connectivity index (χ1) is 18.2. The molecule has 11 nitrogen and oxygen atoms in total. The number of carbonyl (C=O) groups excluding carboxylic acids is 2. The average Bonchev–Trinajstić information content (AvgIpc) is 2.91. The first kappa shape index (κ1) is 28.0. The van der Waals surface area contributed by atoms with Gasteiger partial charge < -0.3 is 19.5 Å². The van der Waals surface area contributed by atoms with Crippen LogP contribution in [0.25, 0.3) is 0 Å². The summed E-state index contributed by atoms with van der Waals surface area (Å²) in [6.07, 6.45) is 2.40. The summed E-state index contributed by atoms with van der Waals surface area (Å²) in [6.45, 7) is -0.668. The Hall–Kier alpha value is -4.58. The number of ether oxygens (including phenoxy) is 3. The number of amides is 2. The summed E-state index contributed by atoms with van der Waals surface area (Å²) in [5.41, 5.74) is 3.79. The molecule has 38 heavy (non-hydrogen) atoms. The van der Waals surface area contributed by atoms with E-state index in [1.54, 1.807) is 66.7 Å². The van der Waals surface area contributed by atoms with Crippen molar-refractivity contribution in [3.05, 3.63) is 78.4 Å². The number of anilines is 2. The molecule has 0 aromatic heterocycles. The average molecular weight is 541 g/mol. The fraction of sp³-hybridized carbons (Fsp3) is 0.192. The van der Waals surface area contributed by atoms with Gasteiger partial charge in [0.1, 0.15) is 23.8 Å².